The number of carbonyl (C=O) groups is 2. The van der Waals surface area contributed by atoms with Crippen molar-refractivity contribution < 1.29 is 19.1 Å². The number of alkyl halides is 1. The van der Waals surface area contributed by atoms with Crippen molar-refractivity contribution in [1.29, 1.82) is 5.26 Å². The second kappa shape index (κ2) is 10.5. The van der Waals surface area contributed by atoms with Gasteiger partial charge < -0.3 is 21.5 Å². The topological polar surface area (TPSA) is 159 Å². The lowest BCUT2D eigenvalue weighted by molar-refractivity contribution is -0.122. The fraction of sp³-hybridized carbons (Fsp3) is 0.423. The van der Waals surface area contributed by atoms with Crippen LogP contribution in [0.2, 0.25) is 0 Å². The maximum Gasteiger partial charge on any atom is 0.255 e. The van der Waals surface area contributed by atoms with Crippen LogP contribution in [0.1, 0.15) is 55.5 Å². The summed E-state index contributed by atoms with van der Waals surface area (Å²) < 4.78 is 16.0. The highest BCUT2D eigenvalue weighted by atomic mass is 19.1. The molecule has 5 N–H and O–H groups in total. The van der Waals surface area contributed by atoms with Gasteiger partial charge in [0.1, 0.15) is 23.7 Å². The van der Waals surface area contributed by atoms with E-state index in [4.69, 9.17) is 11.0 Å². The molecule has 1 aliphatic carbocycles. The summed E-state index contributed by atoms with van der Waals surface area (Å²) in [6.45, 7) is 2.32. The Morgan fingerprint density at radius 3 is 2.65 bits per heavy atom. The fourth-order valence-electron chi connectivity index (χ4n) is 4.42. The Kier molecular flexibility index (Phi) is 7.40. The molecule has 0 aliphatic heterocycles. The summed E-state index contributed by atoms with van der Waals surface area (Å²) in [5.41, 5.74) is 5.63. The van der Waals surface area contributed by atoms with Crippen molar-refractivity contribution >= 4 is 28.5 Å². The van der Waals surface area contributed by atoms with Crippen LogP contribution >= 0.6 is 0 Å². The van der Waals surface area contributed by atoms with Crippen molar-refractivity contribution in [2.45, 2.75) is 57.3 Å². The predicted octanol–water partition coefficient (Wildman–Crippen LogP) is 2.59. The number of hydrogen-bond acceptors (Lipinski definition) is 7. The van der Waals surface area contributed by atoms with E-state index in [0.717, 1.165) is 5.39 Å². The molecule has 0 unspecified atom stereocenters. The van der Waals surface area contributed by atoms with Crippen molar-refractivity contribution in [1.82, 2.24) is 19.9 Å². The molecule has 194 valence electrons. The number of halogens is 1. The molecule has 4 rings (SSSR count). The Morgan fingerprint density at radius 2 is 2.00 bits per heavy atom. The van der Waals surface area contributed by atoms with E-state index in [1.165, 1.54) is 26.2 Å². The minimum Gasteiger partial charge on any atom is -0.387 e. The lowest BCUT2D eigenvalue weighted by Crippen LogP contribution is -2.42. The van der Waals surface area contributed by atoms with Crippen molar-refractivity contribution in [3.63, 3.8) is 0 Å². The first-order valence-electron chi connectivity index (χ1n) is 12.1. The number of fused-ring (bicyclic) bond motifs is 1. The smallest absolute Gasteiger partial charge is 0.255 e. The molecular weight excluding hydrogens is 477 g/mol. The Labute approximate surface area is 213 Å². The molecule has 3 aromatic rings. The third-order valence-corrected chi connectivity index (χ3v) is 6.73. The van der Waals surface area contributed by atoms with Gasteiger partial charge in [0.2, 0.25) is 5.91 Å². The molecule has 0 bridgehead atoms. The van der Waals surface area contributed by atoms with Gasteiger partial charge in [-0.3, -0.25) is 14.2 Å². The van der Waals surface area contributed by atoms with Crippen LogP contribution in [0.4, 0.5) is 10.1 Å². The van der Waals surface area contributed by atoms with Gasteiger partial charge in [0.05, 0.1) is 29.0 Å². The van der Waals surface area contributed by atoms with Crippen LogP contribution in [0.3, 0.4) is 0 Å². The fourth-order valence-corrected chi connectivity index (χ4v) is 4.42. The summed E-state index contributed by atoms with van der Waals surface area (Å²) in [7, 11) is 0. The average molecular weight is 508 g/mol. The Morgan fingerprint density at radius 1 is 1.27 bits per heavy atom. The summed E-state index contributed by atoms with van der Waals surface area (Å²) in [6, 6.07) is 7.34. The number of nitrogens with one attached hydrogen (secondary N) is 2. The maximum absolute atomic E-state index is 14.2. The monoisotopic (exact) mass is 507 g/mol. The summed E-state index contributed by atoms with van der Waals surface area (Å²) in [5, 5.41) is 25.7. The molecule has 3 heterocycles. The number of primary amides is 1. The Hall–Kier alpha value is -4.04. The zero-order valence-electron chi connectivity index (χ0n) is 20.7. The molecule has 2 amide bonds. The second-order valence-corrected chi connectivity index (χ2v) is 9.95. The van der Waals surface area contributed by atoms with Gasteiger partial charge >= 0.3 is 0 Å². The molecule has 0 saturated heterocycles. The van der Waals surface area contributed by atoms with E-state index in [0.29, 0.717) is 48.4 Å². The number of hydrogen-bond donors (Lipinski definition) is 4. The van der Waals surface area contributed by atoms with E-state index < -0.39 is 17.7 Å². The molecule has 37 heavy (non-hydrogen) atoms. The first kappa shape index (κ1) is 26.0. The van der Waals surface area contributed by atoms with Crippen LogP contribution in [0.15, 0.2) is 36.8 Å². The van der Waals surface area contributed by atoms with Gasteiger partial charge in [-0.15, -0.1) is 0 Å². The van der Waals surface area contributed by atoms with Gasteiger partial charge in [-0.25, -0.2) is 14.4 Å². The summed E-state index contributed by atoms with van der Waals surface area (Å²) in [5.74, 6) is -0.498. The third kappa shape index (κ3) is 5.86. The summed E-state index contributed by atoms with van der Waals surface area (Å²) >= 11 is 0. The number of aromatic nitrogens is 3. The standard InChI is InChI=1S/C26H30FN7O3/c1-26(2,37)21(27)14-32-25(36)19-13-30-22(34-8-7-17-9-15(11-28)12-31-24(17)34)10-20(19)33-18-5-3-16(4-6-18)23(29)35/h7-10,12-13,16,18,21,37H,3-6,14H2,1-2H3,(H2,29,35)(H,30,33)(H,32,36)/t16?,18?,21-/m1/s1. The summed E-state index contributed by atoms with van der Waals surface area (Å²) in [6.07, 6.45) is 5.70. The quantitative estimate of drug-likeness (QED) is 0.365. The number of nitriles is 1. The molecule has 11 heteroatoms. The van der Waals surface area contributed by atoms with Gasteiger partial charge in [-0.2, -0.15) is 5.26 Å². The molecule has 1 aliphatic rings. The number of anilines is 1. The van der Waals surface area contributed by atoms with Crippen molar-refractivity contribution in [3.05, 3.63) is 47.9 Å². The van der Waals surface area contributed by atoms with Crippen molar-refractivity contribution in [2.24, 2.45) is 11.7 Å². The molecule has 0 aromatic carbocycles. The highest BCUT2D eigenvalue weighted by Gasteiger charge is 2.28. The molecule has 0 spiro atoms. The molecular formula is C26H30FN7O3. The van der Waals surface area contributed by atoms with Gasteiger partial charge in [0, 0.05) is 42.0 Å². The minimum atomic E-state index is -1.65. The number of pyridine rings is 2. The van der Waals surface area contributed by atoms with Crippen LogP contribution in [0.25, 0.3) is 16.9 Å². The number of nitrogens with zero attached hydrogens (tertiary/aromatic N) is 4. The van der Waals surface area contributed by atoms with Gasteiger partial charge in [-0.05, 0) is 51.7 Å². The first-order valence-corrected chi connectivity index (χ1v) is 12.1. The molecule has 1 fully saturated rings. The zero-order valence-corrected chi connectivity index (χ0v) is 20.7. The van der Waals surface area contributed by atoms with Crippen molar-refractivity contribution in [2.75, 3.05) is 11.9 Å². The lowest BCUT2D eigenvalue weighted by Gasteiger charge is -2.29. The maximum atomic E-state index is 14.2. The van der Waals surface area contributed by atoms with E-state index in [-0.39, 0.29) is 30.0 Å². The largest absolute Gasteiger partial charge is 0.387 e. The van der Waals surface area contributed by atoms with E-state index >= 15 is 0 Å². The molecule has 10 nitrogen and oxygen atoms in total. The SMILES string of the molecule is CC(C)(O)[C@H](F)CNC(=O)c1cnc(-n2ccc3cc(C#N)cnc32)cc1NC1CCC(C(N)=O)CC1. The van der Waals surface area contributed by atoms with Crippen LogP contribution in [0, 0.1) is 17.2 Å². The number of rotatable bonds is 8. The third-order valence-electron chi connectivity index (χ3n) is 6.73. The number of amides is 2. The summed E-state index contributed by atoms with van der Waals surface area (Å²) in [4.78, 5) is 33.4. The Bertz CT molecular complexity index is 1350. The second-order valence-electron chi connectivity index (χ2n) is 9.95. The first-order chi connectivity index (χ1) is 17.6. The molecule has 1 atom stereocenters. The molecule has 3 aromatic heterocycles. The van der Waals surface area contributed by atoms with Gasteiger partial charge in [0.25, 0.3) is 5.91 Å². The van der Waals surface area contributed by atoms with E-state index in [2.05, 4.69) is 26.7 Å². The molecule has 0 radical (unpaired) electrons. The highest BCUT2D eigenvalue weighted by molar-refractivity contribution is 5.99. The number of nitrogens with two attached hydrogens (primary N) is 1. The van der Waals surface area contributed by atoms with Crippen LogP contribution in [-0.4, -0.2) is 55.8 Å². The predicted molar refractivity (Wildman–Crippen MR) is 136 cm³/mol. The minimum absolute atomic E-state index is 0.000386. The number of carbonyl (C=O) groups excluding carboxylic acids is 2. The van der Waals surface area contributed by atoms with Gasteiger partial charge in [0.15, 0.2) is 0 Å². The van der Waals surface area contributed by atoms with Crippen molar-refractivity contribution in [3.8, 4) is 11.9 Å². The van der Waals surface area contributed by atoms with Crippen LogP contribution in [0.5, 0.6) is 0 Å². The Balaban J connectivity index is 1.63. The van der Waals surface area contributed by atoms with E-state index in [1.807, 2.05) is 6.07 Å². The van der Waals surface area contributed by atoms with Gasteiger partial charge in [-0.1, -0.05) is 0 Å². The van der Waals surface area contributed by atoms with Crippen LogP contribution in [-0.2, 0) is 4.79 Å². The van der Waals surface area contributed by atoms with E-state index in [1.54, 1.807) is 22.9 Å². The highest BCUT2D eigenvalue weighted by Crippen LogP contribution is 2.29. The average Bonchev–Trinajstić information content (AvgIpc) is 3.30. The number of aliphatic hydroxyl groups is 1. The lowest BCUT2D eigenvalue weighted by atomic mass is 9.85. The van der Waals surface area contributed by atoms with Crippen LogP contribution < -0.4 is 16.4 Å². The normalized spacial score (nSPS) is 18.7. The molecule has 1 saturated carbocycles. The van der Waals surface area contributed by atoms with E-state index in [9.17, 15) is 19.1 Å². The zero-order chi connectivity index (χ0) is 26.7.